The molecule has 0 spiro atoms. The number of hydrogen-bond donors (Lipinski definition) is 0. The summed E-state index contributed by atoms with van der Waals surface area (Å²) < 4.78 is 0. The molecule has 1 aliphatic carbocycles. The Morgan fingerprint density at radius 2 is 1.41 bits per heavy atom. The zero-order chi connectivity index (χ0) is 21.6. The summed E-state index contributed by atoms with van der Waals surface area (Å²) in [5.74, 6) is 0. The van der Waals surface area contributed by atoms with Gasteiger partial charge in [0.15, 0.2) is 0 Å². The van der Waals surface area contributed by atoms with E-state index in [1.807, 2.05) is 6.20 Å². The molecule has 32 heavy (non-hydrogen) atoms. The van der Waals surface area contributed by atoms with Crippen LogP contribution in [0.5, 0.6) is 0 Å². The first-order valence-corrected chi connectivity index (χ1v) is 11.3. The number of benzene rings is 5. The lowest BCUT2D eigenvalue weighted by molar-refractivity contribution is 0.646. The summed E-state index contributed by atoms with van der Waals surface area (Å²) in [6.07, 6.45) is 1.98. The van der Waals surface area contributed by atoms with Gasteiger partial charge in [-0.05, 0) is 80.0 Å². The van der Waals surface area contributed by atoms with Crippen molar-refractivity contribution in [3.63, 3.8) is 0 Å². The van der Waals surface area contributed by atoms with Gasteiger partial charge < -0.3 is 0 Å². The van der Waals surface area contributed by atoms with E-state index in [-0.39, 0.29) is 5.41 Å². The Labute approximate surface area is 187 Å². The normalized spacial score (nSPS) is 14.3. The van der Waals surface area contributed by atoms with Crippen molar-refractivity contribution in [1.82, 2.24) is 4.98 Å². The Kier molecular flexibility index (Phi) is 3.33. The highest BCUT2D eigenvalue weighted by molar-refractivity contribution is 6.21. The van der Waals surface area contributed by atoms with E-state index in [1.165, 1.54) is 65.3 Å². The van der Waals surface area contributed by atoms with E-state index < -0.39 is 0 Å². The minimum Gasteiger partial charge on any atom is -0.256 e. The Balaban J connectivity index is 1.71. The van der Waals surface area contributed by atoms with Crippen LogP contribution in [0.15, 0.2) is 85.1 Å². The molecule has 0 saturated heterocycles. The van der Waals surface area contributed by atoms with Crippen LogP contribution in [0.1, 0.15) is 30.5 Å². The van der Waals surface area contributed by atoms with Crippen LogP contribution in [-0.4, -0.2) is 4.98 Å². The number of aromatic nitrogens is 1. The Hall–Kier alpha value is -3.71. The summed E-state index contributed by atoms with van der Waals surface area (Å²) in [5, 5.41) is 10.4. The smallest absolute Gasteiger partial charge is 0.0786 e. The monoisotopic (exact) mass is 409 g/mol. The van der Waals surface area contributed by atoms with Gasteiger partial charge in [0.25, 0.3) is 0 Å². The second kappa shape index (κ2) is 5.95. The lowest BCUT2D eigenvalue weighted by atomic mass is 9.68. The molecule has 0 saturated carbocycles. The third-order valence-electron chi connectivity index (χ3n) is 7.51. The summed E-state index contributed by atoms with van der Waals surface area (Å²) in [4.78, 5) is 4.93. The molecule has 1 nitrogen and oxygen atoms in total. The van der Waals surface area contributed by atoms with Crippen LogP contribution in [0.25, 0.3) is 54.3 Å². The molecule has 1 heteroatoms. The third kappa shape index (κ3) is 2.21. The summed E-state index contributed by atoms with van der Waals surface area (Å²) in [5.41, 5.74) is 6.30. The van der Waals surface area contributed by atoms with Crippen LogP contribution in [0.2, 0.25) is 0 Å². The molecule has 152 valence electrons. The molecule has 6 aromatic rings. The quantitative estimate of drug-likeness (QED) is 0.230. The van der Waals surface area contributed by atoms with E-state index in [2.05, 4.69) is 99.6 Å². The highest BCUT2D eigenvalue weighted by atomic mass is 14.7. The molecule has 0 fully saturated rings. The van der Waals surface area contributed by atoms with E-state index >= 15 is 0 Å². The largest absolute Gasteiger partial charge is 0.256 e. The number of nitrogens with zero attached hydrogens (tertiary/aromatic N) is 1. The molecule has 0 radical (unpaired) electrons. The van der Waals surface area contributed by atoms with Crippen molar-refractivity contribution in [3.05, 3.63) is 102 Å². The van der Waals surface area contributed by atoms with Crippen molar-refractivity contribution in [2.24, 2.45) is 0 Å². The minimum atomic E-state index is -0.117. The Morgan fingerprint density at radius 1 is 0.625 bits per heavy atom. The van der Waals surface area contributed by atoms with Gasteiger partial charge in [-0.2, -0.15) is 0 Å². The number of aryl methyl sites for hydroxylation is 1. The maximum Gasteiger partial charge on any atom is 0.0786 e. The fourth-order valence-corrected chi connectivity index (χ4v) is 5.82. The molecule has 0 aliphatic heterocycles. The van der Waals surface area contributed by atoms with Crippen LogP contribution in [0, 0.1) is 6.92 Å². The predicted octanol–water partition coefficient (Wildman–Crippen LogP) is 8.31. The second-order valence-corrected chi connectivity index (χ2v) is 9.76. The van der Waals surface area contributed by atoms with Gasteiger partial charge in [0.1, 0.15) is 0 Å². The summed E-state index contributed by atoms with van der Waals surface area (Å²) in [6, 6.07) is 29.3. The fraction of sp³-hybridized carbons (Fsp3) is 0.129. The van der Waals surface area contributed by atoms with Gasteiger partial charge in [-0.25, -0.2) is 0 Å². The Morgan fingerprint density at radius 3 is 2.25 bits per heavy atom. The summed E-state index contributed by atoms with van der Waals surface area (Å²) in [6.45, 7) is 6.91. The first-order chi connectivity index (χ1) is 15.5. The van der Waals surface area contributed by atoms with Gasteiger partial charge in [-0.15, -0.1) is 0 Å². The van der Waals surface area contributed by atoms with E-state index in [1.54, 1.807) is 0 Å². The number of hydrogen-bond acceptors (Lipinski definition) is 1. The van der Waals surface area contributed by atoms with E-state index in [9.17, 15) is 0 Å². The second-order valence-electron chi connectivity index (χ2n) is 9.76. The number of fused-ring (bicyclic) bond motifs is 7. The highest BCUT2D eigenvalue weighted by Gasteiger charge is 2.35. The van der Waals surface area contributed by atoms with Crippen LogP contribution in [-0.2, 0) is 5.41 Å². The van der Waals surface area contributed by atoms with Gasteiger partial charge in [0.05, 0.1) is 5.69 Å². The average Bonchev–Trinajstić information content (AvgIpc) is 2.81. The van der Waals surface area contributed by atoms with Gasteiger partial charge in [0.2, 0.25) is 0 Å². The molecule has 1 heterocycles. The molecular weight excluding hydrogens is 386 g/mol. The van der Waals surface area contributed by atoms with Crippen LogP contribution < -0.4 is 0 Å². The lowest BCUT2D eigenvalue weighted by Crippen LogP contribution is -2.24. The standard InChI is InChI=1S/C31H23N/c1-18-8-9-19-10-11-22-23-12-13-32-30-26-15-20-6-4-5-7-21(20)16-27(26)31(2,3)28(29(23)30)17-25(22)24(19)14-18/h4-17H,1-3H3. The molecule has 1 aromatic heterocycles. The molecule has 1 aliphatic rings. The van der Waals surface area contributed by atoms with Crippen LogP contribution in [0.4, 0.5) is 0 Å². The SMILES string of the molecule is Cc1ccc2ccc3c4ccnc5c4c(cc3c2c1)C(C)(C)c1cc2ccccc2cc1-5. The van der Waals surface area contributed by atoms with Crippen LogP contribution >= 0.6 is 0 Å². The average molecular weight is 410 g/mol. The molecule has 0 N–H and O–H groups in total. The van der Waals surface area contributed by atoms with Crippen molar-refractivity contribution in [1.29, 1.82) is 0 Å². The summed E-state index contributed by atoms with van der Waals surface area (Å²) >= 11 is 0. The van der Waals surface area contributed by atoms with Crippen LogP contribution in [0.3, 0.4) is 0 Å². The van der Waals surface area contributed by atoms with Crippen molar-refractivity contribution in [2.75, 3.05) is 0 Å². The zero-order valence-electron chi connectivity index (χ0n) is 18.5. The number of rotatable bonds is 0. The zero-order valence-corrected chi connectivity index (χ0v) is 18.5. The maximum atomic E-state index is 4.93. The lowest BCUT2D eigenvalue weighted by Gasteiger charge is -2.35. The predicted molar refractivity (Wildman–Crippen MR) is 137 cm³/mol. The molecule has 0 amide bonds. The van der Waals surface area contributed by atoms with E-state index in [0.717, 1.165) is 5.69 Å². The van der Waals surface area contributed by atoms with Crippen molar-refractivity contribution >= 4 is 43.1 Å². The van der Waals surface area contributed by atoms with Crippen molar-refractivity contribution in [3.8, 4) is 11.3 Å². The first kappa shape index (κ1) is 17.9. The molecule has 0 unspecified atom stereocenters. The van der Waals surface area contributed by atoms with Gasteiger partial charge in [0, 0.05) is 22.6 Å². The van der Waals surface area contributed by atoms with Gasteiger partial charge in [-0.3, -0.25) is 4.98 Å². The molecule has 7 rings (SSSR count). The van der Waals surface area contributed by atoms with Gasteiger partial charge in [-0.1, -0.05) is 74.0 Å². The van der Waals surface area contributed by atoms with E-state index in [0.29, 0.717) is 0 Å². The third-order valence-corrected chi connectivity index (χ3v) is 7.51. The molecular formula is C31H23N. The Bertz CT molecular complexity index is 1750. The topological polar surface area (TPSA) is 12.9 Å². The van der Waals surface area contributed by atoms with Gasteiger partial charge >= 0.3 is 0 Å². The fourth-order valence-electron chi connectivity index (χ4n) is 5.82. The summed E-state index contributed by atoms with van der Waals surface area (Å²) in [7, 11) is 0. The molecule has 5 aromatic carbocycles. The molecule has 0 atom stereocenters. The number of pyridine rings is 1. The van der Waals surface area contributed by atoms with E-state index in [4.69, 9.17) is 4.98 Å². The minimum absolute atomic E-state index is 0.117. The van der Waals surface area contributed by atoms with Crippen molar-refractivity contribution < 1.29 is 0 Å². The maximum absolute atomic E-state index is 4.93. The first-order valence-electron chi connectivity index (χ1n) is 11.3. The van der Waals surface area contributed by atoms with Crippen molar-refractivity contribution in [2.45, 2.75) is 26.2 Å². The highest BCUT2D eigenvalue weighted by Crippen LogP contribution is 2.50. The molecule has 0 bridgehead atoms.